The Hall–Kier alpha value is -1.79. The average molecular weight is 314 g/mol. The molecule has 0 aliphatic carbocycles. The molecule has 7 heteroatoms. The normalized spacial score (nSPS) is 21.0. The fourth-order valence-electron chi connectivity index (χ4n) is 2.11. The second-order valence-corrected chi connectivity index (χ2v) is 5.37. The number of rotatable bonds is 5. The lowest BCUT2D eigenvalue weighted by atomic mass is 9.99. The summed E-state index contributed by atoms with van der Waals surface area (Å²) in [5.41, 5.74) is -0.553. The maximum atomic E-state index is 11.9. The number of carboxylic acids is 1. The number of ether oxygens (including phenoxy) is 2. The van der Waals surface area contributed by atoms with Crippen LogP contribution in [0.3, 0.4) is 0 Å². The molecule has 0 spiro atoms. The molecular weight excluding hydrogens is 298 g/mol. The van der Waals surface area contributed by atoms with Gasteiger partial charge in [0.2, 0.25) is 0 Å². The van der Waals surface area contributed by atoms with Gasteiger partial charge in [-0.15, -0.1) is 0 Å². The zero-order chi connectivity index (χ0) is 15.5. The molecule has 21 heavy (non-hydrogen) atoms. The third-order valence-corrected chi connectivity index (χ3v) is 3.54. The topological polar surface area (TPSA) is 84.9 Å². The third kappa shape index (κ3) is 3.65. The van der Waals surface area contributed by atoms with Crippen LogP contribution in [0.4, 0.5) is 0 Å². The summed E-state index contributed by atoms with van der Waals surface area (Å²) in [5.74, 6) is -1.07. The Kier molecular flexibility index (Phi) is 4.69. The second-order valence-electron chi connectivity index (χ2n) is 4.94. The molecule has 6 nitrogen and oxygen atoms in total. The molecule has 1 aromatic carbocycles. The van der Waals surface area contributed by atoms with Crippen LogP contribution < -0.4 is 10.1 Å². The Morgan fingerprint density at radius 2 is 2.29 bits per heavy atom. The fourth-order valence-corrected chi connectivity index (χ4v) is 2.33. The molecule has 1 aliphatic heterocycles. The number of amides is 1. The molecule has 0 aromatic heterocycles. The van der Waals surface area contributed by atoms with Crippen molar-refractivity contribution in [1.82, 2.24) is 5.32 Å². The minimum absolute atomic E-state index is 0.0337. The first-order chi connectivity index (χ1) is 9.93. The molecular formula is C14H16ClNO5. The van der Waals surface area contributed by atoms with Gasteiger partial charge in [0.15, 0.2) is 12.1 Å². The smallest absolute Gasteiger partial charge is 0.331 e. The molecule has 1 atom stereocenters. The van der Waals surface area contributed by atoms with E-state index in [2.05, 4.69) is 5.32 Å². The molecule has 0 saturated carbocycles. The predicted molar refractivity (Wildman–Crippen MR) is 75.6 cm³/mol. The molecule has 1 heterocycles. The summed E-state index contributed by atoms with van der Waals surface area (Å²) in [6.45, 7) is 1.82. The van der Waals surface area contributed by atoms with Crippen LogP contribution in [-0.4, -0.2) is 42.3 Å². The lowest BCUT2D eigenvalue weighted by Crippen LogP contribution is -2.56. The van der Waals surface area contributed by atoms with Crippen LogP contribution >= 0.6 is 11.6 Å². The summed E-state index contributed by atoms with van der Waals surface area (Å²) in [4.78, 5) is 23.2. The van der Waals surface area contributed by atoms with Gasteiger partial charge in [0.05, 0.1) is 6.61 Å². The molecule has 1 saturated heterocycles. The zero-order valence-electron chi connectivity index (χ0n) is 11.5. The molecule has 1 amide bonds. The van der Waals surface area contributed by atoms with Crippen molar-refractivity contribution in [1.29, 1.82) is 0 Å². The van der Waals surface area contributed by atoms with E-state index in [0.29, 0.717) is 17.4 Å². The van der Waals surface area contributed by atoms with E-state index in [1.165, 1.54) is 0 Å². The van der Waals surface area contributed by atoms with Crippen molar-refractivity contribution in [2.24, 2.45) is 0 Å². The Morgan fingerprint density at radius 3 is 2.86 bits per heavy atom. The molecule has 0 radical (unpaired) electrons. The van der Waals surface area contributed by atoms with Crippen LogP contribution in [0.1, 0.15) is 12.0 Å². The highest BCUT2D eigenvalue weighted by Crippen LogP contribution is 2.22. The zero-order valence-corrected chi connectivity index (χ0v) is 12.3. The Bertz CT molecular complexity index is 554. The number of carbonyl (C=O) groups is 2. The quantitative estimate of drug-likeness (QED) is 0.858. The van der Waals surface area contributed by atoms with Crippen molar-refractivity contribution in [3.63, 3.8) is 0 Å². The first-order valence-corrected chi connectivity index (χ1v) is 6.82. The number of benzene rings is 1. The second kappa shape index (κ2) is 6.32. The van der Waals surface area contributed by atoms with E-state index in [4.69, 9.17) is 21.1 Å². The molecule has 2 N–H and O–H groups in total. The molecule has 2 rings (SSSR count). The van der Waals surface area contributed by atoms with Crippen LogP contribution in [0.2, 0.25) is 5.02 Å². The van der Waals surface area contributed by atoms with E-state index in [0.717, 1.165) is 5.56 Å². The van der Waals surface area contributed by atoms with E-state index in [1.54, 1.807) is 18.2 Å². The van der Waals surface area contributed by atoms with Gasteiger partial charge in [0.1, 0.15) is 5.75 Å². The van der Waals surface area contributed by atoms with Crippen LogP contribution in [0, 0.1) is 6.92 Å². The Morgan fingerprint density at radius 1 is 1.52 bits per heavy atom. The summed E-state index contributed by atoms with van der Waals surface area (Å²) < 4.78 is 10.5. The number of hydrogen-bond acceptors (Lipinski definition) is 4. The maximum absolute atomic E-state index is 11.9. The van der Waals surface area contributed by atoms with E-state index < -0.39 is 17.4 Å². The van der Waals surface area contributed by atoms with Crippen molar-refractivity contribution < 1.29 is 24.2 Å². The third-order valence-electron chi connectivity index (χ3n) is 3.31. The van der Waals surface area contributed by atoms with Crippen LogP contribution in [-0.2, 0) is 14.3 Å². The molecule has 1 aromatic rings. The lowest BCUT2D eigenvalue weighted by Gasteiger charge is -2.23. The van der Waals surface area contributed by atoms with Crippen LogP contribution in [0.15, 0.2) is 18.2 Å². The number of carboxylic acid groups (broad SMARTS) is 1. The van der Waals surface area contributed by atoms with Crippen molar-refractivity contribution in [3.8, 4) is 5.75 Å². The lowest BCUT2D eigenvalue weighted by molar-refractivity contribution is -0.148. The van der Waals surface area contributed by atoms with Gasteiger partial charge in [0.25, 0.3) is 5.91 Å². The maximum Gasteiger partial charge on any atom is 0.331 e. The van der Waals surface area contributed by atoms with Gasteiger partial charge in [-0.2, -0.15) is 0 Å². The number of aryl methyl sites for hydroxylation is 1. The molecule has 1 fully saturated rings. The van der Waals surface area contributed by atoms with Gasteiger partial charge < -0.3 is 19.9 Å². The number of halogens is 1. The summed E-state index contributed by atoms with van der Waals surface area (Å²) >= 11 is 5.83. The largest absolute Gasteiger partial charge is 0.484 e. The standard InChI is InChI=1S/C14H16ClNO5/c1-9-6-10(15)2-3-11(9)21-7-12(17)16-14(13(18)19)4-5-20-8-14/h2-3,6H,4-5,7-8H2,1H3,(H,16,17)(H,18,19). The summed E-state index contributed by atoms with van der Waals surface area (Å²) in [6, 6.07) is 5.04. The predicted octanol–water partition coefficient (Wildman–Crippen LogP) is 1.39. The van der Waals surface area contributed by atoms with Gasteiger partial charge in [-0.1, -0.05) is 11.6 Å². The average Bonchev–Trinajstić information content (AvgIpc) is 2.87. The highest BCUT2D eigenvalue weighted by atomic mass is 35.5. The summed E-state index contributed by atoms with van der Waals surface area (Å²) in [6.07, 6.45) is 0.244. The van der Waals surface area contributed by atoms with Gasteiger partial charge in [-0.3, -0.25) is 4.79 Å². The van der Waals surface area contributed by atoms with Crippen molar-refractivity contribution in [3.05, 3.63) is 28.8 Å². The summed E-state index contributed by atoms with van der Waals surface area (Å²) in [7, 11) is 0. The minimum Gasteiger partial charge on any atom is -0.484 e. The first kappa shape index (κ1) is 15.6. The Balaban J connectivity index is 1.94. The van der Waals surface area contributed by atoms with Crippen LogP contribution in [0.5, 0.6) is 5.75 Å². The highest BCUT2D eigenvalue weighted by Gasteiger charge is 2.43. The molecule has 1 unspecified atom stereocenters. The summed E-state index contributed by atoms with van der Waals surface area (Å²) in [5, 5.41) is 12.3. The van der Waals surface area contributed by atoms with Crippen LogP contribution in [0.25, 0.3) is 0 Å². The monoisotopic (exact) mass is 313 g/mol. The van der Waals surface area contributed by atoms with E-state index in [-0.39, 0.29) is 19.6 Å². The SMILES string of the molecule is Cc1cc(Cl)ccc1OCC(=O)NC1(C(=O)O)CCOC1. The van der Waals surface area contributed by atoms with Crippen molar-refractivity contribution in [2.45, 2.75) is 18.9 Å². The van der Waals surface area contributed by atoms with Gasteiger partial charge in [-0.25, -0.2) is 4.79 Å². The number of hydrogen-bond donors (Lipinski definition) is 2. The van der Waals surface area contributed by atoms with E-state index >= 15 is 0 Å². The number of aliphatic carboxylic acids is 1. The van der Waals surface area contributed by atoms with Gasteiger partial charge in [0, 0.05) is 18.1 Å². The van der Waals surface area contributed by atoms with E-state index in [9.17, 15) is 14.7 Å². The Labute approximate surface area is 127 Å². The van der Waals surface area contributed by atoms with Crippen molar-refractivity contribution >= 4 is 23.5 Å². The molecule has 0 bridgehead atoms. The van der Waals surface area contributed by atoms with Gasteiger partial charge >= 0.3 is 5.97 Å². The first-order valence-electron chi connectivity index (χ1n) is 6.44. The number of carbonyl (C=O) groups excluding carboxylic acids is 1. The van der Waals surface area contributed by atoms with E-state index in [1.807, 2.05) is 6.92 Å². The number of nitrogens with one attached hydrogen (secondary N) is 1. The molecule has 1 aliphatic rings. The molecule has 114 valence electrons. The minimum atomic E-state index is -1.35. The van der Waals surface area contributed by atoms with Crippen molar-refractivity contribution in [2.75, 3.05) is 19.8 Å². The van der Waals surface area contributed by atoms with Gasteiger partial charge in [-0.05, 0) is 30.7 Å². The fraction of sp³-hybridized carbons (Fsp3) is 0.429. The highest BCUT2D eigenvalue weighted by molar-refractivity contribution is 6.30.